The highest BCUT2D eigenvalue weighted by Crippen LogP contribution is 2.21. The molecule has 1 N–H and O–H groups in total. The Labute approximate surface area is 146 Å². The maximum atomic E-state index is 12.4. The number of rotatable bonds is 7. The number of carbonyl (C=O) groups is 1. The maximum Gasteiger partial charge on any atom is 0.223 e. The zero-order valence-electron chi connectivity index (χ0n) is 15.0. The van der Waals surface area contributed by atoms with Gasteiger partial charge < -0.3 is 19.7 Å². The van der Waals surface area contributed by atoms with Crippen molar-refractivity contribution in [3.05, 3.63) is 0 Å². The predicted molar refractivity (Wildman–Crippen MR) is 94.0 cm³/mol. The second kappa shape index (κ2) is 9.73. The first kappa shape index (κ1) is 18.2. The van der Waals surface area contributed by atoms with E-state index >= 15 is 0 Å². The lowest BCUT2D eigenvalue weighted by Crippen LogP contribution is -2.45. The third-order valence-electron chi connectivity index (χ3n) is 5.79. The molecule has 1 amide bonds. The SMILES string of the molecule is O=C(NC1CCCCC1)C1CCN(CCOC[C@H]2CCCO2)CC1. The molecule has 5 heteroatoms. The Hall–Kier alpha value is -0.650. The molecule has 138 valence electrons. The molecular weight excluding hydrogens is 304 g/mol. The molecule has 2 aliphatic heterocycles. The van der Waals surface area contributed by atoms with Crippen LogP contribution in [0, 0.1) is 5.92 Å². The Balaban J connectivity index is 1.25. The van der Waals surface area contributed by atoms with Crippen LogP contribution in [0.3, 0.4) is 0 Å². The van der Waals surface area contributed by atoms with E-state index in [0.717, 1.165) is 58.7 Å². The van der Waals surface area contributed by atoms with Gasteiger partial charge in [0.05, 0.1) is 19.3 Å². The minimum absolute atomic E-state index is 0.219. The van der Waals surface area contributed by atoms with E-state index in [4.69, 9.17) is 9.47 Å². The van der Waals surface area contributed by atoms with Gasteiger partial charge in [0, 0.05) is 25.1 Å². The van der Waals surface area contributed by atoms with Crippen LogP contribution in [-0.2, 0) is 14.3 Å². The van der Waals surface area contributed by atoms with Crippen LogP contribution in [0.4, 0.5) is 0 Å². The maximum absolute atomic E-state index is 12.4. The summed E-state index contributed by atoms with van der Waals surface area (Å²) >= 11 is 0. The number of hydrogen-bond acceptors (Lipinski definition) is 4. The summed E-state index contributed by atoms with van der Waals surface area (Å²) in [5, 5.41) is 3.29. The molecule has 0 radical (unpaired) electrons. The first-order chi connectivity index (χ1) is 11.8. The van der Waals surface area contributed by atoms with Crippen LogP contribution >= 0.6 is 0 Å². The van der Waals surface area contributed by atoms with Gasteiger partial charge in [0.15, 0.2) is 0 Å². The summed E-state index contributed by atoms with van der Waals surface area (Å²) < 4.78 is 11.3. The quantitative estimate of drug-likeness (QED) is 0.724. The standard InChI is InChI=1S/C19H34N2O3/c22-19(20-17-5-2-1-3-6-17)16-8-10-21(11-9-16)12-14-23-15-18-7-4-13-24-18/h16-18H,1-15H2,(H,20,22)/t18-/m1/s1. The normalized spacial score (nSPS) is 27.4. The molecule has 24 heavy (non-hydrogen) atoms. The van der Waals surface area contributed by atoms with Gasteiger partial charge in [-0.3, -0.25) is 4.79 Å². The van der Waals surface area contributed by atoms with Crippen molar-refractivity contribution >= 4 is 5.91 Å². The number of amides is 1. The third kappa shape index (κ3) is 5.71. The summed E-state index contributed by atoms with van der Waals surface area (Å²) in [7, 11) is 0. The van der Waals surface area contributed by atoms with Crippen LogP contribution in [0.1, 0.15) is 57.8 Å². The lowest BCUT2D eigenvalue weighted by atomic mass is 9.92. The summed E-state index contributed by atoms with van der Waals surface area (Å²) in [6.45, 7) is 5.42. The summed E-state index contributed by atoms with van der Waals surface area (Å²) in [4.78, 5) is 14.8. The zero-order chi connectivity index (χ0) is 16.6. The molecule has 5 nitrogen and oxygen atoms in total. The van der Waals surface area contributed by atoms with Crippen LogP contribution < -0.4 is 5.32 Å². The van der Waals surface area contributed by atoms with E-state index in [0.29, 0.717) is 18.1 Å². The number of carbonyl (C=O) groups excluding carboxylic acids is 1. The topological polar surface area (TPSA) is 50.8 Å². The summed E-state index contributed by atoms with van der Waals surface area (Å²) in [6.07, 6.45) is 10.8. The first-order valence-corrected chi connectivity index (χ1v) is 10.0. The minimum atomic E-state index is 0.219. The molecule has 3 rings (SSSR count). The van der Waals surface area contributed by atoms with Gasteiger partial charge in [-0.2, -0.15) is 0 Å². The number of piperidine rings is 1. The molecule has 2 heterocycles. The van der Waals surface area contributed by atoms with Crippen molar-refractivity contribution < 1.29 is 14.3 Å². The van der Waals surface area contributed by atoms with E-state index in [9.17, 15) is 4.79 Å². The molecule has 0 unspecified atom stereocenters. The van der Waals surface area contributed by atoms with E-state index in [1.165, 1.54) is 38.5 Å². The number of nitrogens with zero attached hydrogens (tertiary/aromatic N) is 1. The van der Waals surface area contributed by atoms with Crippen molar-refractivity contribution in [2.45, 2.75) is 69.9 Å². The molecule has 1 atom stereocenters. The fourth-order valence-electron chi connectivity index (χ4n) is 4.17. The lowest BCUT2D eigenvalue weighted by molar-refractivity contribution is -0.127. The third-order valence-corrected chi connectivity index (χ3v) is 5.79. The van der Waals surface area contributed by atoms with Gasteiger partial charge in [-0.25, -0.2) is 0 Å². The van der Waals surface area contributed by atoms with Gasteiger partial charge in [0.2, 0.25) is 5.91 Å². The van der Waals surface area contributed by atoms with Gasteiger partial charge in [0.1, 0.15) is 0 Å². The van der Waals surface area contributed by atoms with Gasteiger partial charge in [-0.1, -0.05) is 19.3 Å². The molecular formula is C19H34N2O3. The largest absolute Gasteiger partial charge is 0.377 e. The molecule has 1 aliphatic carbocycles. The van der Waals surface area contributed by atoms with Crippen molar-refractivity contribution in [2.75, 3.05) is 39.5 Å². The van der Waals surface area contributed by atoms with Crippen LogP contribution in [-0.4, -0.2) is 62.4 Å². The van der Waals surface area contributed by atoms with Crippen molar-refractivity contribution in [3.63, 3.8) is 0 Å². The predicted octanol–water partition coefficient (Wildman–Crippen LogP) is 2.34. The molecule has 3 aliphatic rings. The molecule has 3 fully saturated rings. The minimum Gasteiger partial charge on any atom is -0.377 e. The highest BCUT2D eigenvalue weighted by molar-refractivity contribution is 5.79. The van der Waals surface area contributed by atoms with Crippen LogP contribution in [0.5, 0.6) is 0 Å². The first-order valence-electron chi connectivity index (χ1n) is 10.0. The Morgan fingerprint density at radius 3 is 2.54 bits per heavy atom. The second-order valence-corrected chi connectivity index (χ2v) is 7.67. The number of ether oxygens (including phenoxy) is 2. The van der Waals surface area contributed by atoms with Gasteiger partial charge in [0.25, 0.3) is 0 Å². The summed E-state index contributed by atoms with van der Waals surface area (Å²) in [5.41, 5.74) is 0. The van der Waals surface area contributed by atoms with Gasteiger partial charge >= 0.3 is 0 Å². The lowest BCUT2D eigenvalue weighted by Gasteiger charge is -2.32. The Bertz CT molecular complexity index is 371. The summed E-state index contributed by atoms with van der Waals surface area (Å²) in [5.74, 6) is 0.521. The average molecular weight is 338 g/mol. The van der Waals surface area contributed by atoms with Crippen molar-refractivity contribution in [2.24, 2.45) is 5.92 Å². The molecule has 0 aromatic rings. The average Bonchev–Trinajstić information content (AvgIpc) is 3.13. The zero-order valence-corrected chi connectivity index (χ0v) is 15.0. The molecule has 0 spiro atoms. The monoisotopic (exact) mass is 338 g/mol. The van der Waals surface area contributed by atoms with Crippen LogP contribution in [0.15, 0.2) is 0 Å². The van der Waals surface area contributed by atoms with Gasteiger partial charge in [-0.15, -0.1) is 0 Å². The number of likely N-dealkylation sites (tertiary alicyclic amines) is 1. The van der Waals surface area contributed by atoms with Crippen molar-refractivity contribution in [1.29, 1.82) is 0 Å². The number of hydrogen-bond donors (Lipinski definition) is 1. The fraction of sp³-hybridized carbons (Fsp3) is 0.947. The van der Waals surface area contributed by atoms with E-state index in [1.54, 1.807) is 0 Å². The molecule has 2 saturated heterocycles. The van der Waals surface area contributed by atoms with Crippen molar-refractivity contribution in [3.8, 4) is 0 Å². The van der Waals surface area contributed by atoms with E-state index in [-0.39, 0.29) is 5.92 Å². The molecule has 0 aromatic carbocycles. The van der Waals surface area contributed by atoms with Crippen LogP contribution in [0.2, 0.25) is 0 Å². The highest BCUT2D eigenvalue weighted by atomic mass is 16.5. The molecule has 0 aromatic heterocycles. The van der Waals surface area contributed by atoms with E-state index in [1.807, 2.05) is 0 Å². The fourth-order valence-corrected chi connectivity index (χ4v) is 4.17. The van der Waals surface area contributed by atoms with E-state index in [2.05, 4.69) is 10.2 Å². The van der Waals surface area contributed by atoms with Gasteiger partial charge in [-0.05, 0) is 51.6 Å². The Morgan fingerprint density at radius 1 is 1.04 bits per heavy atom. The Morgan fingerprint density at radius 2 is 1.83 bits per heavy atom. The smallest absolute Gasteiger partial charge is 0.223 e. The van der Waals surface area contributed by atoms with Crippen LogP contribution in [0.25, 0.3) is 0 Å². The second-order valence-electron chi connectivity index (χ2n) is 7.67. The van der Waals surface area contributed by atoms with E-state index < -0.39 is 0 Å². The highest BCUT2D eigenvalue weighted by Gasteiger charge is 2.26. The Kier molecular flexibility index (Phi) is 7.36. The molecule has 0 bridgehead atoms. The number of nitrogens with one attached hydrogen (secondary N) is 1. The molecule has 1 saturated carbocycles. The van der Waals surface area contributed by atoms with Crippen molar-refractivity contribution in [1.82, 2.24) is 10.2 Å². The summed E-state index contributed by atoms with van der Waals surface area (Å²) in [6, 6.07) is 0.440.